The van der Waals surface area contributed by atoms with Crippen molar-refractivity contribution in [2.75, 3.05) is 0 Å². The molecule has 9 heteroatoms. The molecule has 1 fully saturated rings. The van der Waals surface area contributed by atoms with E-state index in [0.29, 0.717) is 16.7 Å². The largest absolute Gasteiger partial charge is 0.488 e. The molecule has 31 heavy (non-hydrogen) atoms. The number of fused-ring (bicyclic) bond motifs is 1. The van der Waals surface area contributed by atoms with Gasteiger partial charge in [0.2, 0.25) is 0 Å². The topological polar surface area (TPSA) is 49.1 Å². The zero-order valence-corrected chi connectivity index (χ0v) is 17.3. The lowest BCUT2D eigenvalue weighted by molar-refractivity contribution is -0.137. The predicted molar refractivity (Wildman–Crippen MR) is 112 cm³/mol. The summed E-state index contributed by atoms with van der Waals surface area (Å²) in [4.78, 5) is 13.1. The van der Waals surface area contributed by atoms with E-state index in [-0.39, 0.29) is 12.2 Å². The third kappa shape index (κ3) is 3.85. The molecule has 0 amide bonds. The van der Waals surface area contributed by atoms with Crippen molar-refractivity contribution < 1.29 is 17.9 Å². The maximum Gasteiger partial charge on any atom is 0.417 e. The van der Waals surface area contributed by atoms with E-state index in [4.69, 9.17) is 4.74 Å². The number of nitrogens with zero attached hydrogens (tertiary/aromatic N) is 3. The Morgan fingerprint density at radius 3 is 2.68 bits per heavy atom. The first-order valence-electron chi connectivity index (χ1n) is 9.79. The number of hydrogen-bond acceptors (Lipinski definition) is 4. The van der Waals surface area contributed by atoms with Gasteiger partial charge in [0.25, 0.3) is 5.56 Å². The van der Waals surface area contributed by atoms with E-state index in [1.54, 1.807) is 12.3 Å². The van der Waals surface area contributed by atoms with Crippen molar-refractivity contribution in [1.82, 2.24) is 14.3 Å². The van der Waals surface area contributed by atoms with Gasteiger partial charge in [-0.05, 0) is 50.1 Å². The third-order valence-corrected chi connectivity index (χ3v) is 6.26. The SMILES string of the molecule is Cc1c2cc(-n3ccc(OCc4cc(C(F)(F)F)cs4)cc3=O)ccc2nn1C1CC1. The molecule has 0 saturated heterocycles. The van der Waals surface area contributed by atoms with Gasteiger partial charge >= 0.3 is 6.18 Å². The zero-order valence-electron chi connectivity index (χ0n) is 16.5. The number of alkyl halides is 3. The number of ether oxygens (including phenoxy) is 1. The van der Waals surface area contributed by atoms with Crippen LogP contribution in [0.1, 0.15) is 35.0 Å². The quantitative estimate of drug-likeness (QED) is 0.408. The molecule has 0 unspecified atom stereocenters. The number of aromatic nitrogens is 3. The fourth-order valence-electron chi connectivity index (χ4n) is 3.56. The minimum absolute atomic E-state index is 0.0320. The van der Waals surface area contributed by atoms with Crippen LogP contribution in [0.2, 0.25) is 0 Å². The smallest absolute Gasteiger partial charge is 0.417 e. The number of pyridine rings is 1. The van der Waals surface area contributed by atoms with Gasteiger partial charge in [0.15, 0.2) is 0 Å². The molecule has 5 nitrogen and oxygen atoms in total. The Morgan fingerprint density at radius 1 is 1.19 bits per heavy atom. The van der Waals surface area contributed by atoms with E-state index >= 15 is 0 Å². The van der Waals surface area contributed by atoms with Gasteiger partial charge < -0.3 is 4.74 Å². The van der Waals surface area contributed by atoms with Crippen LogP contribution in [0, 0.1) is 6.92 Å². The lowest BCUT2D eigenvalue weighted by Crippen LogP contribution is -2.16. The van der Waals surface area contributed by atoms with E-state index < -0.39 is 11.7 Å². The van der Waals surface area contributed by atoms with Crippen molar-refractivity contribution in [3.05, 3.63) is 74.5 Å². The summed E-state index contributed by atoms with van der Waals surface area (Å²) in [5, 5.41) is 6.72. The lowest BCUT2D eigenvalue weighted by Gasteiger charge is -2.09. The van der Waals surface area contributed by atoms with Gasteiger partial charge in [0.05, 0.1) is 17.1 Å². The molecule has 0 spiro atoms. The molecular weight excluding hydrogens is 427 g/mol. The Bertz CT molecular complexity index is 1330. The van der Waals surface area contributed by atoms with E-state index in [0.717, 1.165) is 57.9 Å². The molecule has 1 aliphatic carbocycles. The highest BCUT2D eigenvalue weighted by Crippen LogP contribution is 2.37. The highest BCUT2D eigenvalue weighted by atomic mass is 32.1. The van der Waals surface area contributed by atoms with E-state index in [9.17, 15) is 18.0 Å². The summed E-state index contributed by atoms with van der Waals surface area (Å²) < 4.78 is 47.2. The molecule has 0 N–H and O–H groups in total. The second-order valence-electron chi connectivity index (χ2n) is 7.62. The van der Waals surface area contributed by atoms with Gasteiger partial charge in [-0.3, -0.25) is 14.0 Å². The Morgan fingerprint density at radius 2 is 2.00 bits per heavy atom. The fourth-order valence-corrected chi connectivity index (χ4v) is 4.37. The summed E-state index contributed by atoms with van der Waals surface area (Å²) in [6.07, 6.45) is -0.476. The number of thiophene rings is 1. The number of halogens is 3. The van der Waals surface area contributed by atoms with Crippen molar-refractivity contribution in [3.63, 3.8) is 0 Å². The summed E-state index contributed by atoms with van der Waals surface area (Å²) in [5.74, 6) is 0.307. The Kier molecular flexibility index (Phi) is 4.65. The van der Waals surface area contributed by atoms with Crippen molar-refractivity contribution in [1.29, 1.82) is 0 Å². The van der Waals surface area contributed by atoms with Crippen LogP contribution in [0.3, 0.4) is 0 Å². The van der Waals surface area contributed by atoms with Crippen LogP contribution in [0.15, 0.2) is 52.8 Å². The van der Waals surface area contributed by atoms with E-state index in [1.165, 1.54) is 10.6 Å². The van der Waals surface area contributed by atoms with Crippen LogP contribution < -0.4 is 10.3 Å². The van der Waals surface area contributed by atoms with E-state index in [2.05, 4.69) is 9.78 Å². The Balaban J connectivity index is 1.36. The molecule has 1 aliphatic rings. The summed E-state index contributed by atoms with van der Waals surface area (Å²) >= 11 is 0.974. The molecular formula is C22H18F3N3O2S. The minimum Gasteiger partial charge on any atom is -0.488 e. The molecule has 5 rings (SSSR count). The molecule has 0 bridgehead atoms. The summed E-state index contributed by atoms with van der Waals surface area (Å²) in [7, 11) is 0. The molecule has 3 heterocycles. The van der Waals surface area contributed by atoms with Crippen LogP contribution in [0.5, 0.6) is 5.75 Å². The lowest BCUT2D eigenvalue weighted by atomic mass is 10.2. The molecule has 160 valence electrons. The zero-order chi connectivity index (χ0) is 21.8. The first-order chi connectivity index (χ1) is 14.8. The second kappa shape index (κ2) is 7.26. The van der Waals surface area contributed by atoms with Gasteiger partial charge in [-0.25, -0.2) is 0 Å². The molecule has 3 aromatic heterocycles. The van der Waals surface area contributed by atoms with Gasteiger partial charge in [-0.2, -0.15) is 18.3 Å². The van der Waals surface area contributed by atoms with Crippen molar-refractivity contribution in [2.45, 2.75) is 38.6 Å². The molecule has 1 aromatic carbocycles. The average molecular weight is 445 g/mol. The Labute approximate surface area is 179 Å². The van der Waals surface area contributed by atoms with Crippen LogP contribution in [-0.2, 0) is 12.8 Å². The van der Waals surface area contributed by atoms with Crippen molar-refractivity contribution in [2.24, 2.45) is 0 Å². The molecule has 1 saturated carbocycles. The fraction of sp³-hybridized carbons (Fsp3) is 0.273. The van der Waals surface area contributed by atoms with Crippen molar-refractivity contribution >= 4 is 22.2 Å². The minimum atomic E-state index is -4.37. The standard InChI is InChI=1S/C22H18F3N3O2S/c1-13-19-9-16(4-5-20(19)26-28(13)15-2-3-15)27-7-6-17(10-21(27)29)30-11-18-8-14(12-31-18)22(23,24)25/h4-10,12,15H,2-3,11H2,1H3. The number of rotatable bonds is 5. The average Bonchev–Trinajstić information content (AvgIpc) is 3.35. The maximum atomic E-state index is 12.7. The first kappa shape index (κ1) is 19.9. The molecule has 0 atom stereocenters. The molecule has 0 radical (unpaired) electrons. The number of hydrogen-bond donors (Lipinski definition) is 0. The summed E-state index contributed by atoms with van der Waals surface area (Å²) in [6, 6.07) is 10.2. The monoisotopic (exact) mass is 445 g/mol. The number of aryl methyl sites for hydroxylation is 1. The first-order valence-corrected chi connectivity index (χ1v) is 10.7. The predicted octanol–water partition coefficient (Wildman–Crippen LogP) is 5.49. The van der Waals surface area contributed by atoms with Gasteiger partial charge in [0, 0.05) is 39.3 Å². The van der Waals surface area contributed by atoms with Crippen LogP contribution in [0.25, 0.3) is 16.6 Å². The van der Waals surface area contributed by atoms with Gasteiger partial charge in [-0.1, -0.05) is 0 Å². The van der Waals surface area contributed by atoms with Crippen molar-refractivity contribution in [3.8, 4) is 11.4 Å². The van der Waals surface area contributed by atoms with Crippen LogP contribution >= 0.6 is 11.3 Å². The summed E-state index contributed by atoms with van der Waals surface area (Å²) in [6.45, 7) is 2.00. The van der Waals surface area contributed by atoms with Crippen LogP contribution in [0.4, 0.5) is 13.2 Å². The highest BCUT2D eigenvalue weighted by molar-refractivity contribution is 7.10. The normalized spacial score (nSPS) is 14.3. The molecule has 0 aliphatic heterocycles. The Hall–Kier alpha value is -3.07. The van der Waals surface area contributed by atoms with E-state index in [1.807, 2.05) is 25.1 Å². The summed E-state index contributed by atoms with van der Waals surface area (Å²) in [5.41, 5.74) is 1.72. The molecule has 4 aromatic rings. The van der Waals surface area contributed by atoms with Gasteiger partial charge in [-0.15, -0.1) is 11.3 Å². The third-order valence-electron chi connectivity index (χ3n) is 5.35. The highest BCUT2D eigenvalue weighted by Gasteiger charge is 2.31. The van der Waals surface area contributed by atoms with Crippen LogP contribution in [-0.4, -0.2) is 14.3 Å². The number of benzene rings is 1. The maximum absolute atomic E-state index is 12.7. The second-order valence-corrected chi connectivity index (χ2v) is 8.62. The van der Waals surface area contributed by atoms with Gasteiger partial charge in [0.1, 0.15) is 12.4 Å².